The number of hydrogen-bond donors (Lipinski definition) is 0. The molecule has 3 aromatic carbocycles. The number of benzene rings is 3. The van der Waals surface area contributed by atoms with Crippen molar-refractivity contribution in [3.05, 3.63) is 90.5 Å². The highest BCUT2D eigenvalue weighted by Crippen LogP contribution is 2.71. The number of rotatable bonds is 14. The van der Waals surface area contributed by atoms with Gasteiger partial charge >= 0.3 is 71.4 Å². The first-order valence-electron chi connectivity index (χ1n) is 14.4. The molecule has 0 amide bonds. The molecule has 0 bridgehead atoms. The zero-order chi connectivity index (χ0) is 44.5. The van der Waals surface area contributed by atoms with Crippen LogP contribution in [0.2, 0.25) is 0 Å². The predicted octanol–water partition coefficient (Wildman–Crippen LogP) is 12.7. The van der Waals surface area contributed by atoms with Crippen LogP contribution in [-0.4, -0.2) is 71.4 Å². The van der Waals surface area contributed by atoms with Gasteiger partial charge in [-0.1, -0.05) is 54.1 Å². The highest BCUT2D eigenvalue weighted by Gasteiger charge is 2.99. The molecule has 0 aliphatic carbocycles. The zero-order valence-corrected chi connectivity index (χ0v) is 27.8. The first-order chi connectivity index (χ1) is 25.3. The van der Waals surface area contributed by atoms with E-state index in [4.69, 9.17) is 0 Å². The van der Waals surface area contributed by atoms with Gasteiger partial charge in [-0.05, 0) is 53.6 Å². The van der Waals surface area contributed by atoms with Crippen LogP contribution in [0.25, 0.3) is 0 Å². The number of alkyl halides is 23. The van der Waals surface area contributed by atoms with Crippen LogP contribution in [0.1, 0.15) is 5.56 Å². The molecular weight excluding hydrogens is 873 g/mol. The first kappa shape index (κ1) is 47.2. The Morgan fingerprint density at radius 2 is 0.649 bits per heavy atom. The van der Waals surface area contributed by atoms with Gasteiger partial charge in [-0.25, -0.2) is 4.79 Å². The third kappa shape index (κ3) is 6.50. The van der Waals surface area contributed by atoms with Crippen LogP contribution >= 0.6 is 10.3 Å². The summed E-state index contributed by atoms with van der Waals surface area (Å²) < 4.78 is 326. The van der Waals surface area contributed by atoms with E-state index in [0.717, 1.165) is 60.7 Å². The van der Waals surface area contributed by atoms with E-state index in [-0.39, 0.29) is 0 Å². The Balaban J connectivity index is 2.23. The molecule has 320 valence electrons. The summed E-state index contributed by atoms with van der Waals surface area (Å²) in [6.07, 6.45) is -8.16. The number of hydrogen-bond acceptors (Lipinski definition) is 2. The average Bonchev–Trinajstić information content (AvgIpc) is 3.10. The zero-order valence-electron chi connectivity index (χ0n) is 27.0. The maximum absolute atomic E-state index is 15.3. The molecule has 3 rings (SSSR count). The molecule has 0 N–H and O–H groups in total. The van der Waals surface area contributed by atoms with Crippen molar-refractivity contribution in [3.8, 4) is 0 Å². The van der Waals surface area contributed by atoms with Gasteiger partial charge in [-0.3, -0.25) is 0 Å². The lowest BCUT2D eigenvalue weighted by Gasteiger charge is -2.45. The molecule has 0 unspecified atom stereocenters. The van der Waals surface area contributed by atoms with Crippen LogP contribution in [0.15, 0.2) is 99.6 Å². The SMILES string of the molecule is Cc1ccc(S(OC(=O)C(F)(F)C(F)(F)C(F)(F)C(F)(F)C(F)(F)C(F)(F)C(F)(F)C(F)(F)C(F)(F)C(F)(F)C(F)(F)F)(c2ccccc2)c2ccccc2)cc1. The molecule has 0 heterocycles. The van der Waals surface area contributed by atoms with E-state index in [0.29, 0.717) is 5.56 Å². The fraction of sp³-hybridized carbons (Fsp3) is 0.387. The molecule has 0 saturated heterocycles. The van der Waals surface area contributed by atoms with Gasteiger partial charge in [0.05, 0.1) is 0 Å². The third-order valence-electron chi connectivity index (χ3n) is 7.87. The van der Waals surface area contributed by atoms with Crippen LogP contribution in [0, 0.1) is 6.92 Å². The normalized spacial score (nSPS) is 15.4. The molecule has 0 aliphatic heterocycles. The van der Waals surface area contributed by atoms with Crippen LogP contribution < -0.4 is 0 Å². The summed E-state index contributed by atoms with van der Waals surface area (Å²) in [5.74, 6) is -94.5. The van der Waals surface area contributed by atoms with Crippen molar-refractivity contribution in [2.45, 2.75) is 87.0 Å². The van der Waals surface area contributed by atoms with Gasteiger partial charge in [0.1, 0.15) is 0 Å². The van der Waals surface area contributed by atoms with Crippen molar-refractivity contribution in [3.63, 3.8) is 0 Å². The van der Waals surface area contributed by atoms with Crippen LogP contribution in [-0.2, 0) is 8.98 Å². The molecular formula is C31H17F23O2S. The van der Waals surface area contributed by atoms with Crippen LogP contribution in [0.3, 0.4) is 0 Å². The van der Waals surface area contributed by atoms with E-state index in [9.17, 15) is 97.0 Å². The van der Waals surface area contributed by atoms with Crippen LogP contribution in [0.5, 0.6) is 0 Å². The summed E-state index contributed by atoms with van der Waals surface area (Å²) in [6, 6.07) is 14.9. The molecule has 0 aliphatic rings. The van der Waals surface area contributed by atoms with E-state index in [1.54, 1.807) is 0 Å². The number of carbonyl (C=O) groups is 1. The lowest BCUT2D eigenvalue weighted by molar-refractivity contribution is -0.477. The van der Waals surface area contributed by atoms with Gasteiger partial charge in [0.25, 0.3) is 0 Å². The van der Waals surface area contributed by atoms with E-state index >= 15 is 8.78 Å². The monoisotopic (exact) mass is 890 g/mol. The minimum Gasteiger partial charge on any atom is -0.397 e. The number of carbonyl (C=O) groups excluding carboxylic acids is 1. The van der Waals surface area contributed by atoms with E-state index in [2.05, 4.69) is 4.18 Å². The Bertz CT molecular complexity index is 1850. The largest absolute Gasteiger partial charge is 0.460 e. The smallest absolute Gasteiger partial charge is 0.397 e. The minimum atomic E-state index is -9.56. The summed E-state index contributed by atoms with van der Waals surface area (Å²) in [5.41, 5.74) is 0.358. The minimum absolute atomic E-state index is 0.358. The quantitative estimate of drug-likeness (QED) is 0.151. The van der Waals surface area contributed by atoms with Gasteiger partial charge in [-0.2, -0.15) is 101 Å². The molecule has 0 spiro atoms. The van der Waals surface area contributed by atoms with Crippen molar-refractivity contribution < 1.29 is 110 Å². The molecule has 57 heavy (non-hydrogen) atoms. The molecule has 0 saturated carbocycles. The van der Waals surface area contributed by atoms with Crippen molar-refractivity contribution in [1.29, 1.82) is 0 Å². The maximum Gasteiger partial charge on any atom is 0.460 e. The summed E-state index contributed by atoms with van der Waals surface area (Å²) in [7, 11) is -4.36. The highest BCUT2D eigenvalue weighted by molar-refractivity contribution is 8.30. The second kappa shape index (κ2) is 14.0. The van der Waals surface area contributed by atoms with Gasteiger partial charge in [-0.15, -0.1) is 0 Å². The Labute approximate surface area is 304 Å². The Hall–Kier alpha value is -4.13. The van der Waals surface area contributed by atoms with Gasteiger partial charge in [0, 0.05) is 14.7 Å². The molecule has 26 heteroatoms. The fourth-order valence-corrected chi connectivity index (χ4v) is 7.59. The van der Waals surface area contributed by atoms with Crippen LogP contribution in [0.4, 0.5) is 101 Å². The van der Waals surface area contributed by atoms with Crippen molar-refractivity contribution in [2.75, 3.05) is 0 Å². The van der Waals surface area contributed by atoms with E-state index < -0.39 is 96.4 Å². The standard InChI is InChI=1S/C31H17F23O2S/c1-16-12-14-19(15-13-16)57(17-8-4-2-5-9-17,18-10-6-3-7-11-18)56-20(55)21(32,33)22(34,35)23(36,37)24(38,39)25(40,41)26(42,43)27(44,45)28(46,47)29(48,49)30(50,51)31(52,53)54/h2-15H,1H3. The Kier molecular flexibility index (Phi) is 11.6. The third-order valence-corrected chi connectivity index (χ3v) is 11.1. The van der Waals surface area contributed by atoms with Crippen molar-refractivity contribution in [2.24, 2.45) is 0 Å². The summed E-state index contributed by atoms with van der Waals surface area (Å²) in [4.78, 5) is 11.5. The van der Waals surface area contributed by atoms with E-state index in [1.807, 2.05) is 0 Å². The second-order valence-corrected chi connectivity index (χ2v) is 14.3. The number of aryl methyl sites for hydroxylation is 1. The van der Waals surface area contributed by atoms with Crippen molar-refractivity contribution in [1.82, 2.24) is 0 Å². The average molecular weight is 890 g/mol. The summed E-state index contributed by atoms with van der Waals surface area (Å²) >= 11 is 0. The Morgan fingerprint density at radius 3 is 0.947 bits per heavy atom. The molecule has 0 aromatic heterocycles. The van der Waals surface area contributed by atoms with Gasteiger partial charge in [0.2, 0.25) is 0 Å². The molecule has 2 nitrogen and oxygen atoms in total. The maximum atomic E-state index is 15.3. The predicted molar refractivity (Wildman–Crippen MR) is 148 cm³/mol. The lowest BCUT2D eigenvalue weighted by atomic mass is 9.85. The lowest BCUT2D eigenvalue weighted by Crippen LogP contribution is -2.78. The molecule has 0 fully saturated rings. The molecule has 3 aromatic rings. The fourth-order valence-electron chi connectivity index (χ4n) is 4.56. The van der Waals surface area contributed by atoms with Gasteiger partial charge in [0.15, 0.2) is 0 Å². The summed E-state index contributed by atoms with van der Waals surface area (Å²) in [6.45, 7) is 1.41. The topological polar surface area (TPSA) is 26.3 Å². The number of halogens is 23. The molecule has 0 radical (unpaired) electrons. The highest BCUT2D eigenvalue weighted by atomic mass is 32.3. The Morgan fingerprint density at radius 1 is 0.386 bits per heavy atom. The first-order valence-corrected chi connectivity index (χ1v) is 16.0. The molecule has 0 atom stereocenters. The second-order valence-electron chi connectivity index (χ2n) is 11.6. The summed E-state index contributed by atoms with van der Waals surface area (Å²) in [5, 5.41) is 0. The van der Waals surface area contributed by atoms with Gasteiger partial charge < -0.3 is 4.18 Å². The van der Waals surface area contributed by atoms with E-state index in [1.165, 1.54) is 31.2 Å². The van der Waals surface area contributed by atoms with Crippen molar-refractivity contribution >= 4 is 16.3 Å².